The molecule has 0 radical (unpaired) electrons. The summed E-state index contributed by atoms with van der Waals surface area (Å²) in [5.74, 6) is -1.07. The monoisotopic (exact) mass is 406 g/mol. The molecule has 0 saturated carbocycles. The Balaban J connectivity index is 1.73. The molecule has 3 rings (SSSR count). The van der Waals surface area contributed by atoms with E-state index in [9.17, 15) is 9.59 Å². The number of halogens is 1. The van der Waals surface area contributed by atoms with Crippen LogP contribution >= 0.6 is 11.6 Å². The lowest BCUT2D eigenvalue weighted by Gasteiger charge is -2.35. The van der Waals surface area contributed by atoms with Crippen molar-refractivity contribution < 1.29 is 14.6 Å². The minimum absolute atomic E-state index is 0.0436. The van der Waals surface area contributed by atoms with Crippen LogP contribution in [0.4, 0.5) is 5.82 Å². The molecule has 8 nitrogen and oxygen atoms in total. The molecular formula is C19H23ClN4O4. The van der Waals surface area contributed by atoms with Gasteiger partial charge in [-0.1, -0.05) is 41.9 Å². The van der Waals surface area contributed by atoms with Crippen molar-refractivity contribution in [2.75, 3.05) is 31.6 Å². The van der Waals surface area contributed by atoms with E-state index < -0.39 is 18.1 Å². The maximum atomic E-state index is 12.6. The summed E-state index contributed by atoms with van der Waals surface area (Å²) in [5, 5.41) is 12.2. The summed E-state index contributed by atoms with van der Waals surface area (Å²) in [4.78, 5) is 30.0. The van der Waals surface area contributed by atoms with Crippen molar-refractivity contribution in [3.05, 3.63) is 57.1 Å². The van der Waals surface area contributed by atoms with Crippen molar-refractivity contribution in [3.8, 4) is 0 Å². The van der Waals surface area contributed by atoms with Crippen LogP contribution in [0.15, 0.2) is 35.1 Å². The third kappa shape index (κ3) is 4.89. The van der Waals surface area contributed by atoms with Crippen LogP contribution in [0, 0.1) is 6.92 Å². The fourth-order valence-corrected chi connectivity index (χ4v) is 3.36. The molecule has 150 valence electrons. The molecular weight excluding hydrogens is 384 g/mol. The van der Waals surface area contributed by atoms with Crippen molar-refractivity contribution in [2.24, 2.45) is 0 Å². The van der Waals surface area contributed by atoms with Crippen LogP contribution in [-0.2, 0) is 22.6 Å². The Labute approximate surface area is 167 Å². The summed E-state index contributed by atoms with van der Waals surface area (Å²) < 4.78 is 6.71. The summed E-state index contributed by atoms with van der Waals surface area (Å²) in [6.45, 7) is 4.29. The molecule has 1 aromatic carbocycles. The number of ether oxygens (including phenoxy) is 1. The van der Waals surface area contributed by atoms with E-state index in [2.05, 4.69) is 27.3 Å². The zero-order chi connectivity index (χ0) is 20.1. The number of nitrogens with one attached hydrogen (secondary N) is 1. The molecule has 2 N–H and O–H groups in total. The summed E-state index contributed by atoms with van der Waals surface area (Å²) >= 11 is 6.09. The third-order valence-corrected chi connectivity index (χ3v) is 5.10. The van der Waals surface area contributed by atoms with Crippen molar-refractivity contribution in [1.29, 1.82) is 0 Å². The lowest BCUT2D eigenvalue weighted by molar-refractivity contribution is -0.137. The minimum atomic E-state index is -1.12. The van der Waals surface area contributed by atoms with Gasteiger partial charge in [0.05, 0.1) is 24.9 Å². The van der Waals surface area contributed by atoms with Crippen LogP contribution in [0.5, 0.6) is 0 Å². The highest BCUT2D eigenvalue weighted by atomic mass is 35.5. The summed E-state index contributed by atoms with van der Waals surface area (Å²) in [6, 6.07) is 10.2. The van der Waals surface area contributed by atoms with Crippen molar-refractivity contribution in [3.63, 3.8) is 0 Å². The van der Waals surface area contributed by atoms with E-state index in [1.807, 2.05) is 18.2 Å². The zero-order valence-electron chi connectivity index (χ0n) is 15.6. The normalized spacial score (nSPS) is 17.4. The van der Waals surface area contributed by atoms with Crippen LogP contribution in [0.25, 0.3) is 0 Å². The first-order valence-electron chi connectivity index (χ1n) is 9.04. The van der Waals surface area contributed by atoms with E-state index in [0.717, 1.165) is 17.7 Å². The molecule has 9 heteroatoms. The fraction of sp³-hybridized carbons (Fsp3) is 0.421. The molecule has 2 aromatic rings. The van der Waals surface area contributed by atoms with Gasteiger partial charge in [0.25, 0.3) is 5.56 Å². The average Bonchev–Trinajstić information content (AvgIpc) is 2.68. The van der Waals surface area contributed by atoms with Crippen LogP contribution in [-0.4, -0.2) is 57.9 Å². The maximum absolute atomic E-state index is 12.6. The van der Waals surface area contributed by atoms with Gasteiger partial charge in [0.1, 0.15) is 6.54 Å². The highest BCUT2D eigenvalue weighted by Crippen LogP contribution is 2.15. The van der Waals surface area contributed by atoms with E-state index in [-0.39, 0.29) is 17.0 Å². The van der Waals surface area contributed by atoms with E-state index >= 15 is 0 Å². The number of carboxylic acids is 1. The lowest BCUT2D eigenvalue weighted by atomic mass is 10.1. The topological polar surface area (TPSA) is 96.7 Å². The lowest BCUT2D eigenvalue weighted by Crippen LogP contribution is -2.48. The highest BCUT2D eigenvalue weighted by molar-refractivity contribution is 6.30. The average molecular weight is 407 g/mol. The molecule has 1 aliphatic rings. The number of hydrogen-bond acceptors (Lipinski definition) is 6. The number of rotatable bonds is 7. The molecule has 0 spiro atoms. The fourth-order valence-electron chi connectivity index (χ4n) is 3.18. The quantitative estimate of drug-likeness (QED) is 0.720. The number of benzene rings is 1. The Morgan fingerprint density at radius 3 is 2.86 bits per heavy atom. The second-order valence-electron chi connectivity index (χ2n) is 6.69. The number of aromatic nitrogens is 2. The molecule has 0 amide bonds. The molecule has 2 heterocycles. The molecule has 28 heavy (non-hydrogen) atoms. The number of carboxylic acid groups (broad SMARTS) is 1. The largest absolute Gasteiger partial charge is 0.480 e. The van der Waals surface area contributed by atoms with Gasteiger partial charge in [-0.2, -0.15) is 0 Å². The van der Waals surface area contributed by atoms with E-state index in [4.69, 9.17) is 21.4 Å². The van der Waals surface area contributed by atoms with Crippen molar-refractivity contribution in [2.45, 2.75) is 26.1 Å². The van der Waals surface area contributed by atoms with Gasteiger partial charge in [0, 0.05) is 19.6 Å². The van der Waals surface area contributed by atoms with Gasteiger partial charge in [0.2, 0.25) is 0 Å². The minimum Gasteiger partial charge on any atom is -0.480 e. The van der Waals surface area contributed by atoms with Crippen LogP contribution in [0.3, 0.4) is 0 Å². The van der Waals surface area contributed by atoms with Gasteiger partial charge in [-0.05, 0) is 12.5 Å². The van der Waals surface area contributed by atoms with Crippen molar-refractivity contribution >= 4 is 23.4 Å². The second kappa shape index (κ2) is 9.18. The Bertz CT molecular complexity index is 887. The third-order valence-electron chi connectivity index (χ3n) is 4.74. The van der Waals surface area contributed by atoms with E-state index in [0.29, 0.717) is 25.5 Å². The Morgan fingerprint density at radius 2 is 2.14 bits per heavy atom. The predicted molar refractivity (Wildman–Crippen MR) is 106 cm³/mol. The molecule has 1 aromatic heterocycles. The van der Waals surface area contributed by atoms with Gasteiger partial charge in [-0.3, -0.25) is 19.1 Å². The number of nitrogens with zero attached hydrogens (tertiary/aromatic N) is 3. The Morgan fingerprint density at radius 1 is 1.39 bits per heavy atom. The molecule has 0 aliphatic carbocycles. The Kier molecular flexibility index (Phi) is 6.66. The molecule has 1 fully saturated rings. The molecule has 1 aliphatic heterocycles. The smallest absolute Gasteiger partial charge is 0.323 e. The number of anilines is 1. The first-order valence-corrected chi connectivity index (χ1v) is 9.42. The highest BCUT2D eigenvalue weighted by Gasteiger charge is 2.24. The van der Waals surface area contributed by atoms with Crippen LogP contribution in [0.2, 0.25) is 5.15 Å². The zero-order valence-corrected chi connectivity index (χ0v) is 16.4. The van der Waals surface area contributed by atoms with Crippen LogP contribution < -0.4 is 10.9 Å². The van der Waals surface area contributed by atoms with Gasteiger partial charge in [-0.15, -0.1) is 0 Å². The standard InChI is InChI=1S/C19H23ClN4O4/c1-13-17(20)22-18(19(27)24(13)11-16(25)26)21-9-15-12-28-8-7-23(15)10-14-5-3-2-4-6-14/h2-6,15H,7-12H2,1H3,(H,21,22)(H,25,26)/t15-/m1/s1. The first-order chi connectivity index (χ1) is 13.5. The predicted octanol–water partition coefficient (Wildman–Crippen LogP) is 1.60. The molecule has 0 bridgehead atoms. The summed E-state index contributed by atoms with van der Waals surface area (Å²) in [6.07, 6.45) is 0. The second-order valence-corrected chi connectivity index (χ2v) is 7.05. The van der Waals surface area contributed by atoms with Crippen molar-refractivity contribution in [1.82, 2.24) is 14.5 Å². The number of hydrogen-bond donors (Lipinski definition) is 2. The summed E-state index contributed by atoms with van der Waals surface area (Å²) in [5.41, 5.74) is 1.02. The molecule has 0 unspecified atom stereocenters. The number of morpholine rings is 1. The SMILES string of the molecule is Cc1c(Cl)nc(NC[C@@H]2COCCN2Cc2ccccc2)c(=O)n1CC(=O)O. The van der Waals surface area contributed by atoms with Gasteiger partial charge in [0.15, 0.2) is 11.0 Å². The van der Waals surface area contributed by atoms with E-state index in [1.165, 1.54) is 5.56 Å². The Hall–Kier alpha value is -2.42. The molecule has 1 atom stereocenters. The van der Waals surface area contributed by atoms with Gasteiger partial charge < -0.3 is 15.2 Å². The van der Waals surface area contributed by atoms with Crippen LogP contribution in [0.1, 0.15) is 11.3 Å². The summed E-state index contributed by atoms with van der Waals surface area (Å²) in [7, 11) is 0. The number of carbonyl (C=O) groups is 1. The number of aliphatic carboxylic acids is 1. The first kappa shape index (κ1) is 20.3. The van der Waals surface area contributed by atoms with E-state index in [1.54, 1.807) is 6.92 Å². The van der Waals surface area contributed by atoms with Gasteiger partial charge >= 0.3 is 5.97 Å². The van der Waals surface area contributed by atoms with Gasteiger partial charge in [-0.25, -0.2) is 4.98 Å². The molecule has 1 saturated heterocycles. The maximum Gasteiger partial charge on any atom is 0.323 e.